The first-order chi connectivity index (χ1) is 6.85. The zero-order valence-electron chi connectivity index (χ0n) is 9.11. The average molecular weight is 212 g/mol. The van der Waals surface area contributed by atoms with Crippen LogP contribution in [-0.4, -0.2) is 32.9 Å². The molecule has 6 nitrogen and oxygen atoms in total. The third kappa shape index (κ3) is 2.69. The first kappa shape index (κ1) is 11.5. The highest BCUT2D eigenvalue weighted by atomic mass is 16.3. The smallest absolute Gasteiger partial charge is 0.274 e. The molecule has 1 heterocycles. The minimum Gasteiger partial charge on any atom is -0.396 e. The number of nitrogens with one attached hydrogen (secondary N) is 1. The largest absolute Gasteiger partial charge is 0.396 e. The molecular weight excluding hydrogens is 196 g/mol. The lowest BCUT2D eigenvalue weighted by molar-refractivity contribution is 0.0864. The molecule has 0 aliphatic rings. The summed E-state index contributed by atoms with van der Waals surface area (Å²) in [5.41, 5.74) is 5.42. The molecule has 1 rings (SSSR count). The average Bonchev–Trinajstić information content (AvgIpc) is 2.45. The molecule has 0 radical (unpaired) electrons. The maximum atomic E-state index is 11.7. The third-order valence-electron chi connectivity index (χ3n) is 1.92. The summed E-state index contributed by atoms with van der Waals surface area (Å²) in [6.45, 7) is 3.28. The highest BCUT2D eigenvalue weighted by Gasteiger charge is 2.22. The van der Waals surface area contributed by atoms with Gasteiger partial charge >= 0.3 is 0 Å². The van der Waals surface area contributed by atoms with Crippen molar-refractivity contribution in [1.82, 2.24) is 15.1 Å². The molecule has 0 aromatic carbocycles. The van der Waals surface area contributed by atoms with E-state index < -0.39 is 5.54 Å². The molecule has 0 saturated carbocycles. The SMILES string of the molecule is Cn1cc(N)c(C(=O)NC(C)(C)CO)n1. The Morgan fingerprint density at radius 1 is 1.73 bits per heavy atom. The lowest BCUT2D eigenvalue weighted by atomic mass is 10.1. The number of nitrogens with zero attached hydrogens (tertiary/aromatic N) is 2. The number of nitrogens with two attached hydrogens (primary N) is 1. The van der Waals surface area contributed by atoms with Crippen LogP contribution < -0.4 is 11.1 Å². The summed E-state index contributed by atoms with van der Waals surface area (Å²) >= 11 is 0. The second-order valence-corrected chi connectivity index (χ2v) is 4.10. The molecule has 0 fully saturated rings. The van der Waals surface area contributed by atoms with Crippen molar-refractivity contribution in [2.24, 2.45) is 7.05 Å². The van der Waals surface area contributed by atoms with Crippen LogP contribution in [0, 0.1) is 0 Å². The topological polar surface area (TPSA) is 93.2 Å². The number of carbonyl (C=O) groups excluding carboxylic acids is 1. The Hall–Kier alpha value is -1.56. The minimum absolute atomic E-state index is 0.147. The normalized spacial score (nSPS) is 11.5. The molecule has 0 saturated heterocycles. The standard InChI is InChI=1S/C9H16N4O2/c1-9(2,5-14)11-8(15)7-6(10)4-13(3)12-7/h4,14H,5,10H2,1-3H3,(H,11,15). The van der Waals surface area contributed by atoms with Gasteiger partial charge in [0.1, 0.15) is 0 Å². The van der Waals surface area contributed by atoms with Gasteiger partial charge in [-0.2, -0.15) is 5.10 Å². The lowest BCUT2D eigenvalue weighted by Gasteiger charge is -2.22. The summed E-state index contributed by atoms with van der Waals surface area (Å²) in [6.07, 6.45) is 1.56. The number of carbonyl (C=O) groups is 1. The second kappa shape index (κ2) is 3.90. The highest BCUT2D eigenvalue weighted by Crippen LogP contribution is 2.10. The van der Waals surface area contributed by atoms with E-state index in [4.69, 9.17) is 10.8 Å². The molecule has 4 N–H and O–H groups in total. The lowest BCUT2D eigenvalue weighted by Crippen LogP contribution is -2.46. The molecular formula is C9H16N4O2. The Balaban J connectivity index is 2.82. The first-order valence-corrected chi connectivity index (χ1v) is 4.58. The van der Waals surface area contributed by atoms with Gasteiger partial charge in [0.05, 0.1) is 17.8 Å². The van der Waals surface area contributed by atoms with Crippen LogP contribution in [0.5, 0.6) is 0 Å². The van der Waals surface area contributed by atoms with Gasteiger partial charge in [-0.25, -0.2) is 0 Å². The predicted molar refractivity (Wildman–Crippen MR) is 56.3 cm³/mol. The van der Waals surface area contributed by atoms with Crippen LogP contribution in [0.1, 0.15) is 24.3 Å². The van der Waals surface area contributed by atoms with E-state index in [0.29, 0.717) is 5.69 Å². The van der Waals surface area contributed by atoms with Crippen molar-refractivity contribution in [2.75, 3.05) is 12.3 Å². The van der Waals surface area contributed by atoms with Crippen molar-refractivity contribution in [1.29, 1.82) is 0 Å². The van der Waals surface area contributed by atoms with E-state index >= 15 is 0 Å². The summed E-state index contributed by atoms with van der Waals surface area (Å²) in [7, 11) is 1.68. The highest BCUT2D eigenvalue weighted by molar-refractivity contribution is 5.97. The molecule has 1 amide bonds. The number of aromatic nitrogens is 2. The number of hydrogen-bond acceptors (Lipinski definition) is 4. The van der Waals surface area contributed by atoms with E-state index in [1.54, 1.807) is 27.1 Å². The summed E-state index contributed by atoms with van der Waals surface area (Å²) < 4.78 is 1.47. The maximum absolute atomic E-state index is 11.7. The van der Waals surface area contributed by atoms with Gasteiger partial charge in [-0.15, -0.1) is 0 Å². The molecule has 0 atom stereocenters. The molecule has 0 unspecified atom stereocenters. The van der Waals surface area contributed by atoms with Crippen molar-refractivity contribution in [2.45, 2.75) is 19.4 Å². The number of aryl methyl sites for hydroxylation is 1. The van der Waals surface area contributed by atoms with Gasteiger partial charge in [0.2, 0.25) is 0 Å². The van der Waals surface area contributed by atoms with Gasteiger partial charge in [0.25, 0.3) is 5.91 Å². The van der Waals surface area contributed by atoms with Crippen LogP contribution >= 0.6 is 0 Å². The summed E-state index contributed by atoms with van der Waals surface area (Å²) in [6, 6.07) is 0. The number of nitrogen functional groups attached to an aromatic ring is 1. The maximum Gasteiger partial charge on any atom is 0.274 e. The summed E-state index contributed by atoms with van der Waals surface area (Å²) in [4.78, 5) is 11.7. The monoisotopic (exact) mass is 212 g/mol. The zero-order valence-corrected chi connectivity index (χ0v) is 9.11. The molecule has 0 aliphatic heterocycles. The summed E-state index contributed by atoms with van der Waals surface area (Å²) in [5, 5.41) is 15.6. The van der Waals surface area contributed by atoms with Crippen LogP contribution in [0.25, 0.3) is 0 Å². The van der Waals surface area contributed by atoms with E-state index in [9.17, 15) is 4.79 Å². The van der Waals surface area contributed by atoms with Crippen molar-refractivity contribution >= 4 is 11.6 Å². The zero-order chi connectivity index (χ0) is 11.6. The van der Waals surface area contributed by atoms with Crippen molar-refractivity contribution in [3.8, 4) is 0 Å². The van der Waals surface area contributed by atoms with E-state index in [0.717, 1.165) is 0 Å². The fraction of sp³-hybridized carbons (Fsp3) is 0.556. The molecule has 84 valence electrons. The van der Waals surface area contributed by atoms with Crippen LogP contribution in [0.15, 0.2) is 6.20 Å². The summed E-state index contributed by atoms with van der Waals surface area (Å²) in [5.74, 6) is -0.382. The van der Waals surface area contributed by atoms with Crippen LogP contribution in [0.2, 0.25) is 0 Å². The van der Waals surface area contributed by atoms with E-state index in [1.165, 1.54) is 4.68 Å². The number of aliphatic hydroxyl groups excluding tert-OH is 1. The van der Waals surface area contributed by atoms with E-state index in [2.05, 4.69) is 10.4 Å². The number of hydrogen-bond donors (Lipinski definition) is 3. The van der Waals surface area contributed by atoms with Gasteiger partial charge in [-0.05, 0) is 13.8 Å². The van der Waals surface area contributed by atoms with Gasteiger partial charge < -0.3 is 16.2 Å². The van der Waals surface area contributed by atoms with Gasteiger partial charge in [-0.3, -0.25) is 9.48 Å². The fourth-order valence-corrected chi connectivity index (χ4v) is 1.09. The minimum atomic E-state index is -0.680. The Labute approximate surface area is 88.1 Å². The molecule has 0 spiro atoms. The quantitative estimate of drug-likeness (QED) is 0.630. The predicted octanol–water partition coefficient (Wildman–Crippen LogP) is -0.497. The van der Waals surface area contributed by atoms with Crippen LogP contribution in [0.3, 0.4) is 0 Å². The van der Waals surface area contributed by atoms with Crippen molar-refractivity contribution < 1.29 is 9.90 Å². The van der Waals surface area contributed by atoms with Crippen LogP contribution in [-0.2, 0) is 7.05 Å². The van der Waals surface area contributed by atoms with E-state index in [-0.39, 0.29) is 18.2 Å². The number of amides is 1. The Morgan fingerprint density at radius 3 is 2.73 bits per heavy atom. The molecule has 1 aromatic heterocycles. The Bertz CT molecular complexity index is 370. The number of rotatable bonds is 3. The van der Waals surface area contributed by atoms with Gasteiger partial charge in [-0.1, -0.05) is 0 Å². The molecule has 15 heavy (non-hydrogen) atoms. The third-order valence-corrected chi connectivity index (χ3v) is 1.92. The van der Waals surface area contributed by atoms with Crippen LogP contribution in [0.4, 0.5) is 5.69 Å². The number of anilines is 1. The molecule has 0 aliphatic carbocycles. The van der Waals surface area contributed by atoms with Crippen molar-refractivity contribution in [3.05, 3.63) is 11.9 Å². The fourth-order valence-electron chi connectivity index (χ4n) is 1.09. The first-order valence-electron chi connectivity index (χ1n) is 4.58. The van der Waals surface area contributed by atoms with E-state index in [1.807, 2.05) is 0 Å². The molecule has 1 aromatic rings. The van der Waals surface area contributed by atoms with Crippen molar-refractivity contribution in [3.63, 3.8) is 0 Å². The Morgan fingerprint density at radius 2 is 2.33 bits per heavy atom. The van der Waals surface area contributed by atoms with Gasteiger partial charge in [0.15, 0.2) is 5.69 Å². The number of aliphatic hydroxyl groups is 1. The molecule has 6 heteroatoms. The molecule has 0 bridgehead atoms. The Kier molecular flexibility index (Phi) is 2.99. The second-order valence-electron chi connectivity index (χ2n) is 4.10. The van der Waals surface area contributed by atoms with Gasteiger partial charge in [0, 0.05) is 13.2 Å².